The Hall–Kier alpha value is -2.79. The van der Waals surface area contributed by atoms with E-state index in [-0.39, 0.29) is 0 Å². The summed E-state index contributed by atoms with van der Waals surface area (Å²) in [5, 5.41) is 19.3. The molecule has 1 aromatic rings. The lowest BCUT2D eigenvalue weighted by molar-refractivity contribution is -0.148. The zero-order valence-electron chi connectivity index (χ0n) is 12.4. The molecule has 0 saturated heterocycles. The van der Waals surface area contributed by atoms with Gasteiger partial charge in [0.25, 0.3) is 0 Å². The lowest BCUT2D eigenvalue weighted by Gasteiger charge is -2.35. The van der Waals surface area contributed by atoms with Crippen molar-refractivity contribution in [3.63, 3.8) is 0 Å². The topological polar surface area (TPSA) is 83.1 Å². The predicted octanol–water partition coefficient (Wildman–Crippen LogP) is 2.56. The number of carbonyl (C=O) groups excluding carboxylic acids is 1. The molecule has 0 radical (unpaired) electrons. The highest BCUT2D eigenvalue weighted by Gasteiger charge is 2.51. The summed E-state index contributed by atoms with van der Waals surface area (Å²) in [6.45, 7) is 0. The van der Waals surface area contributed by atoms with Crippen LogP contribution in [-0.2, 0) is 9.53 Å². The van der Waals surface area contributed by atoms with Gasteiger partial charge >= 0.3 is 5.97 Å². The monoisotopic (exact) mass is 296 g/mol. The maximum absolute atomic E-state index is 12.0. The van der Waals surface area contributed by atoms with Crippen molar-refractivity contribution in [3.8, 4) is 17.9 Å². The first kappa shape index (κ1) is 15.6. The number of benzene rings is 1. The van der Waals surface area contributed by atoms with Crippen molar-refractivity contribution in [3.05, 3.63) is 42.0 Å². The van der Waals surface area contributed by atoms with Crippen LogP contribution in [0.15, 0.2) is 36.4 Å². The van der Waals surface area contributed by atoms with Crippen molar-refractivity contribution >= 4 is 5.97 Å². The number of allylic oxidation sites excluding steroid dienone is 2. The molecule has 5 heteroatoms. The van der Waals surface area contributed by atoms with Gasteiger partial charge in [-0.1, -0.05) is 24.3 Å². The molecule has 0 saturated carbocycles. The lowest BCUT2D eigenvalue weighted by Crippen LogP contribution is -2.40. The van der Waals surface area contributed by atoms with Crippen LogP contribution in [0.5, 0.6) is 5.75 Å². The zero-order chi connectivity index (χ0) is 16.2. The van der Waals surface area contributed by atoms with Gasteiger partial charge in [-0.25, -0.2) is 0 Å². The number of methoxy groups -OCH3 is 2. The highest BCUT2D eigenvalue weighted by molar-refractivity contribution is 5.76. The highest BCUT2D eigenvalue weighted by atomic mass is 16.5. The van der Waals surface area contributed by atoms with Gasteiger partial charge < -0.3 is 9.47 Å². The fourth-order valence-corrected chi connectivity index (χ4v) is 2.83. The van der Waals surface area contributed by atoms with Crippen LogP contribution in [0, 0.1) is 34.0 Å². The minimum atomic E-state index is -1.48. The van der Waals surface area contributed by atoms with Gasteiger partial charge in [0.05, 0.1) is 32.3 Å². The largest absolute Gasteiger partial charge is 0.497 e. The van der Waals surface area contributed by atoms with E-state index >= 15 is 0 Å². The van der Waals surface area contributed by atoms with E-state index in [2.05, 4.69) is 12.1 Å². The quantitative estimate of drug-likeness (QED) is 0.632. The molecule has 2 rings (SSSR count). The average molecular weight is 296 g/mol. The summed E-state index contributed by atoms with van der Waals surface area (Å²) in [6, 6.07) is 11.3. The summed E-state index contributed by atoms with van der Waals surface area (Å²) < 4.78 is 9.89. The number of hydrogen-bond donors (Lipinski definition) is 0. The Balaban J connectivity index is 2.51. The second kappa shape index (κ2) is 6.32. The molecule has 1 aromatic carbocycles. The Bertz CT molecular complexity index is 651. The van der Waals surface area contributed by atoms with Crippen LogP contribution < -0.4 is 4.74 Å². The number of carbonyl (C=O) groups is 1. The van der Waals surface area contributed by atoms with Crippen LogP contribution in [0.3, 0.4) is 0 Å². The fraction of sp³-hybridized carbons (Fsp3) is 0.353. The van der Waals surface area contributed by atoms with Crippen molar-refractivity contribution in [2.45, 2.75) is 12.3 Å². The first-order valence-corrected chi connectivity index (χ1v) is 6.84. The van der Waals surface area contributed by atoms with Crippen LogP contribution in [0.2, 0.25) is 0 Å². The minimum Gasteiger partial charge on any atom is -0.497 e. The number of hydrogen-bond acceptors (Lipinski definition) is 5. The molecule has 0 aliphatic heterocycles. The first-order chi connectivity index (χ1) is 10.6. The number of nitrogens with zero attached hydrogens (tertiary/aromatic N) is 2. The third kappa shape index (κ3) is 2.42. The second-order valence-corrected chi connectivity index (χ2v) is 5.08. The molecule has 1 aliphatic carbocycles. The molecular weight excluding hydrogens is 280 g/mol. The number of ether oxygens (including phenoxy) is 2. The summed E-state index contributed by atoms with van der Waals surface area (Å²) in [7, 11) is 2.83. The van der Waals surface area contributed by atoms with E-state index in [0.29, 0.717) is 12.2 Å². The molecule has 22 heavy (non-hydrogen) atoms. The van der Waals surface area contributed by atoms with E-state index in [1.165, 1.54) is 7.11 Å². The Morgan fingerprint density at radius 3 is 2.36 bits per heavy atom. The normalized spacial score (nSPS) is 22.2. The molecule has 0 aromatic heterocycles. The minimum absolute atomic E-state index is 0.320. The van der Waals surface area contributed by atoms with Gasteiger partial charge in [0.2, 0.25) is 0 Å². The molecule has 5 nitrogen and oxygen atoms in total. The van der Waals surface area contributed by atoms with Crippen molar-refractivity contribution in [2.24, 2.45) is 11.3 Å². The van der Waals surface area contributed by atoms with E-state index in [1.54, 1.807) is 31.4 Å². The van der Waals surface area contributed by atoms with Crippen molar-refractivity contribution in [1.29, 1.82) is 10.5 Å². The second-order valence-electron chi connectivity index (χ2n) is 5.08. The van der Waals surface area contributed by atoms with Crippen LogP contribution in [0.4, 0.5) is 0 Å². The van der Waals surface area contributed by atoms with Gasteiger partial charge in [-0.3, -0.25) is 4.79 Å². The van der Waals surface area contributed by atoms with Gasteiger partial charge in [-0.05, 0) is 24.1 Å². The molecule has 112 valence electrons. The SMILES string of the molecule is COC(=O)[C@@H]1CC=C[C@@H](c2ccc(OC)cc2)C1(C#N)C#N. The predicted molar refractivity (Wildman–Crippen MR) is 78.7 cm³/mol. The number of rotatable bonds is 3. The maximum atomic E-state index is 12.0. The number of nitriles is 2. The fourth-order valence-electron chi connectivity index (χ4n) is 2.83. The van der Waals surface area contributed by atoms with Gasteiger partial charge in [0.15, 0.2) is 5.41 Å². The summed E-state index contributed by atoms with van der Waals surface area (Å²) in [5.41, 5.74) is -0.690. The molecule has 0 amide bonds. The van der Waals surface area contributed by atoms with Gasteiger partial charge in [0, 0.05) is 5.92 Å². The van der Waals surface area contributed by atoms with Crippen molar-refractivity contribution in [1.82, 2.24) is 0 Å². The van der Waals surface area contributed by atoms with Gasteiger partial charge in [-0.15, -0.1) is 0 Å². The molecule has 0 unspecified atom stereocenters. The molecular formula is C17H16N2O3. The average Bonchev–Trinajstić information content (AvgIpc) is 2.60. The molecule has 0 N–H and O–H groups in total. The van der Waals surface area contributed by atoms with Gasteiger partial charge in [-0.2, -0.15) is 10.5 Å². The number of esters is 1. The Labute approximate surface area is 129 Å². The summed E-state index contributed by atoms with van der Waals surface area (Å²) in [5.74, 6) is -1.14. The molecule has 0 heterocycles. The standard InChI is InChI=1S/C17H16N2O3/c1-21-13-8-6-12(7-9-13)14-4-3-5-15(16(20)22-2)17(14,10-18)11-19/h3-4,6-9,14-15H,5H2,1-2H3/t14-,15-/m0/s1. The van der Waals surface area contributed by atoms with Crippen LogP contribution in [0.1, 0.15) is 17.9 Å². The first-order valence-electron chi connectivity index (χ1n) is 6.84. The van der Waals surface area contributed by atoms with E-state index in [1.807, 2.05) is 12.2 Å². The third-order valence-corrected chi connectivity index (χ3v) is 4.07. The smallest absolute Gasteiger partial charge is 0.311 e. The molecule has 0 spiro atoms. The van der Waals surface area contributed by atoms with Crippen molar-refractivity contribution in [2.75, 3.05) is 14.2 Å². The molecule has 1 aliphatic rings. The van der Waals surface area contributed by atoms with E-state index in [4.69, 9.17) is 9.47 Å². The zero-order valence-corrected chi connectivity index (χ0v) is 12.4. The third-order valence-electron chi connectivity index (χ3n) is 4.07. The lowest BCUT2D eigenvalue weighted by atomic mass is 9.62. The van der Waals surface area contributed by atoms with E-state index in [0.717, 1.165) is 5.56 Å². The van der Waals surface area contributed by atoms with Crippen LogP contribution in [0.25, 0.3) is 0 Å². The van der Waals surface area contributed by atoms with E-state index in [9.17, 15) is 15.3 Å². The summed E-state index contributed by atoms with van der Waals surface area (Å²) in [6.07, 6.45) is 3.96. The molecule has 0 fully saturated rings. The Morgan fingerprint density at radius 1 is 1.23 bits per heavy atom. The van der Waals surface area contributed by atoms with Crippen molar-refractivity contribution < 1.29 is 14.3 Å². The molecule has 0 bridgehead atoms. The highest BCUT2D eigenvalue weighted by Crippen LogP contribution is 2.47. The Morgan fingerprint density at radius 2 is 1.86 bits per heavy atom. The van der Waals surface area contributed by atoms with Gasteiger partial charge in [0.1, 0.15) is 5.75 Å². The maximum Gasteiger partial charge on any atom is 0.311 e. The molecule has 2 atom stereocenters. The Kier molecular flexibility index (Phi) is 4.48. The van der Waals surface area contributed by atoms with Crippen LogP contribution in [-0.4, -0.2) is 20.2 Å². The summed E-state index contributed by atoms with van der Waals surface area (Å²) in [4.78, 5) is 12.0. The van der Waals surface area contributed by atoms with Crippen LogP contribution >= 0.6 is 0 Å². The van der Waals surface area contributed by atoms with E-state index < -0.39 is 23.2 Å². The summed E-state index contributed by atoms with van der Waals surface area (Å²) >= 11 is 0.